The fourth-order valence-electron chi connectivity index (χ4n) is 2.29. The molecule has 1 aliphatic heterocycles. The average molecular weight is 281 g/mol. The van der Waals surface area contributed by atoms with E-state index in [1.54, 1.807) is 7.05 Å². The van der Waals surface area contributed by atoms with Gasteiger partial charge in [-0.3, -0.25) is 0 Å². The quantitative estimate of drug-likeness (QED) is 0.768. The average Bonchev–Trinajstić information content (AvgIpc) is 2.94. The predicted molar refractivity (Wildman–Crippen MR) is 77.2 cm³/mol. The number of nitrogens with zero attached hydrogens (tertiary/aromatic N) is 4. The molecule has 1 aromatic rings. The largest absolute Gasteiger partial charge is 0.463 e. The van der Waals surface area contributed by atoms with Gasteiger partial charge in [-0.05, 0) is 25.2 Å². The Kier molecular flexibility index (Phi) is 5.34. The van der Waals surface area contributed by atoms with Crippen LogP contribution in [0.5, 0.6) is 6.01 Å². The molecule has 1 unspecified atom stereocenters. The van der Waals surface area contributed by atoms with Crippen LogP contribution in [0.1, 0.15) is 26.2 Å². The molecule has 1 atom stereocenters. The number of ether oxygens (including phenoxy) is 1. The molecule has 0 bridgehead atoms. The van der Waals surface area contributed by atoms with E-state index in [4.69, 9.17) is 9.84 Å². The summed E-state index contributed by atoms with van der Waals surface area (Å²) in [7, 11) is 1.78. The smallest absolute Gasteiger partial charge is 0.323 e. The summed E-state index contributed by atoms with van der Waals surface area (Å²) in [4.78, 5) is 15.1. The molecule has 0 aliphatic carbocycles. The summed E-state index contributed by atoms with van der Waals surface area (Å²) in [6, 6.07) is 0.367. The number of hydrogen-bond donors (Lipinski definition) is 2. The van der Waals surface area contributed by atoms with E-state index in [9.17, 15) is 0 Å². The van der Waals surface area contributed by atoms with Gasteiger partial charge in [0.25, 0.3) is 0 Å². The Morgan fingerprint density at radius 2 is 2.25 bits per heavy atom. The van der Waals surface area contributed by atoms with Crippen molar-refractivity contribution in [3.63, 3.8) is 0 Å². The Morgan fingerprint density at radius 3 is 2.95 bits per heavy atom. The number of aliphatic hydroxyl groups is 1. The molecule has 2 rings (SSSR count). The zero-order valence-corrected chi connectivity index (χ0v) is 12.2. The van der Waals surface area contributed by atoms with Crippen LogP contribution in [-0.2, 0) is 0 Å². The van der Waals surface area contributed by atoms with E-state index in [1.165, 1.54) is 0 Å². The van der Waals surface area contributed by atoms with Crippen LogP contribution < -0.4 is 15.0 Å². The highest BCUT2D eigenvalue weighted by atomic mass is 16.5. The molecular weight excluding hydrogens is 258 g/mol. The molecule has 0 spiro atoms. The fourth-order valence-corrected chi connectivity index (χ4v) is 2.29. The molecule has 20 heavy (non-hydrogen) atoms. The summed E-state index contributed by atoms with van der Waals surface area (Å²) < 4.78 is 5.50. The summed E-state index contributed by atoms with van der Waals surface area (Å²) in [5.41, 5.74) is 0. The first-order chi connectivity index (χ1) is 9.76. The molecule has 1 aliphatic rings. The van der Waals surface area contributed by atoms with Crippen molar-refractivity contribution in [2.45, 2.75) is 26.2 Å². The maximum atomic E-state index is 9.02. The molecule has 7 nitrogen and oxygen atoms in total. The molecule has 112 valence electrons. The first-order valence-corrected chi connectivity index (χ1v) is 7.19. The normalized spacial score (nSPS) is 18.4. The lowest BCUT2D eigenvalue weighted by atomic mass is 10.1. The van der Waals surface area contributed by atoms with Crippen molar-refractivity contribution in [2.75, 3.05) is 43.6 Å². The Bertz CT molecular complexity index is 429. The maximum absolute atomic E-state index is 9.02. The van der Waals surface area contributed by atoms with Crippen molar-refractivity contribution in [2.24, 2.45) is 5.92 Å². The van der Waals surface area contributed by atoms with Gasteiger partial charge in [0, 0.05) is 26.7 Å². The number of nitrogens with one attached hydrogen (secondary N) is 1. The molecule has 0 aromatic carbocycles. The van der Waals surface area contributed by atoms with Crippen LogP contribution in [0, 0.1) is 5.92 Å². The van der Waals surface area contributed by atoms with Crippen molar-refractivity contribution in [3.05, 3.63) is 0 Å². The predicted octanol–water partition coefficient (Wildman–Crippen LogP) is 0.911. The minimum atomic E-state index is 0.238. The van der Waals surface area contributed by atoms with Gasteiger partial charge in [-0.1, -0.05) is 6.92 Å². The van der Waals surface area contributed by atoms with Gasteiger partial charge in [0.1, 0.15) is 0 Å². The third-order valence-electron chi connectivity index (χ3n) is 3.37. The molecule has 1 aromatic heterocycles. The molecule has 0 radical (unpaired) electrons. The summed E-state index contributed by atoms with van der Waals surface area (Å²) in [6.45, 7) is 4.66. The number of aliphatic hydroxyl groups excluding tert-OH is 1. The summed E-state index contributed by atoms with van der Waals surface area (Å²) in [6.07, 6.45) is 2.81. The van der Waals surface area contributed by atoms with E-state index in [1.807, 2.05) is 6.92 Å². The van der Waals surface area contributed by atoms with Crippen LogP contribution in [0.4, 0.5) is 11.9 Å². The van der Waals surface area contributed by atoms with Crippen molar-refractivity contribution < 1.29 is 9.84 Å². The zero-order chi connectivity index (χ0) is 14.4. The molecule has 2 N–H and O–H groups in total. The highest BCUT2D eigenvalue weighted by Crippen LogP contribution is 2.24. The van der Waals surface area contributed by atoms with E-state index in [0.717, 1.165) is 32.4 Å². The van der Waals surface area contributed by atoms with Crippen molar-refractivity contribution in [3.8, 4) is 6.01 Å². The maximum Gasteiger partial charge on any atom is 0.323 e. The second-order valence-corrected chi connectivity index (χ2v) is 4.95. The van der Waals surface area contributed by atoms with Gasteiger partial charge in [-0.15, -0.1) is 0 Å². The lowest BCUT2D eigenvalue weighted by molar-refractivity contribution is 0.263. The van der Waals surface area contributed by atoms with Crippen molar-refractivity contribution in [1.29, 1.82) is 0 Å². The lowest BCUT2D eigenvalue weighted by Gasteiger charge is -2.17. The molecule has 2 heterocycles. The third kappa shape index (κ3) is 3.69. The van der Waals surface area contributed by atoms with Gasteiger partial charge in [0.15, 0.2) is 0 Å². The second-order valence-electron chi connectivity index (χ2n) is 4.95. The molecule has 1 saturated heterocycles. The van der Waals surface area contributed by atoms with Crippen LogP contribution in [0.15, 0.2) is 0 Å². The highest BCUT2D eigenvalue weighted by Gasteiger charge is 2.25. The van der Waals surface area contributed by atoms with Crippen molar-refractivity contribution >= 4 is 11.9 Å². The molecule has 0 saturated carbocycles. The molecular formula is C13H23N5O2. The Labute approximate surface area is 119 Å². The van der Waals surface area contributed by atoms with Crippen LogP contribution >= 0.6 is 0 Å². The summed E-state index contributed by atoms with van der Waals surface area (Å²) in [5, 5.41) is 12.0. The van der Waals surface area contributed by atoms with Crippen LogP contribution in [-0.4, -0.2) is 53.4 Å². The van der Waals surface area contributed by atoms with E-state index in [-0.39, 0.29) is 6.61 Å². The lowest BCUT2D eigenvalue weighted by Crippen LogP contribution is -2.23. The first kappa shape index (κ1) is 14.8. The molecule has 1 fully saturated rings. The topological polar surface area (TPSA) is 83.4 Å². The first-order valence-electron chi connectivity index (χ1n) is 7.19. The van der Waals surface area contributed by atoms with E-state index < -0.39 is 0 Å². The van der Waals surface area contributed by atoms with Gasteiger partial charge < -0.3 is 20.1 Å². The Morgan fingerprint density at radius 1 is 1.40 bits per heavy atom. The zero-order valence-electron chi connectivity index (χ0n) is 12.2. The fraction of sp³-hybridized carbons (Fsp3) is 0.769. The minimum absolute atomic E-state index is 0.238. The standard InChI is InChI=1S/C13H23N5O2/c1-3-8-20-13-16-11(14-2)15-12(17-13)18-6-4-10(9-18)5-7-19/h10,19H,3-9H2,1-2H3,(H,14,15,16,17). The van der Waals surface area contributed by atoms with E-state index in [2.05, 4.69) is 25.2 Å². The van der Waals surface area contributed by atoms with Gasteiger partial charge in [0.05, 0.1) is 6.61 Å². The van der Waals surface area contributed by atoms with Crippen molar-refractivity contribution in [1.82, 2.24) is 15.0 Å². The van der Waals surface area contributed by atoms with Gasteiger partial charge in [0.2, 0.25) is 11.9 Å². The number of hydrogen-bond acceptors (Lipinski definition) is 7. The van der Waals surface area contributed by atoms with E-state index in [0.29, 0.717) is 30.4 Å². The van der Waals surface area contributed by atoms with Gasteiger partial charge in [-0.25, -0.2) is 0 Å². The Hall–Kier alpha value is -1.63. The number of anilines is 2. The van der Waals surface area contributed by atoms with Gasteiger partial charge >= 0.3 is 6.01 Å². The van der Waals surface area contributed by atoms with E-state index >= 15 is 0 Å². The monoisotopic (exact) mass is 281 g/mol. The minimum Gasteiger partial charge on any atom is -0.463 e. The highest BCUT2D eigenvalue weighted by molar-refractivity contribution is 5.39. The van der Waals surface area contributed by atoms with Crippen LogP contribution in [0.25, 0.3) is 0 Å². The van der Waals surface area contributed by atoms with Gasteiger partial charge in [-0.2, -0.15) is 15.0 Å². The summed E-state index contributed by atoms with van der Waals surface area (Å²) >= 11 is 0. The number of rotatable bonds is 7. The molecule has 0 amide bonds. The Balaban J connectivity index is 2.10. The van der Waals surface area contributed by atoms with Crippen LogP contribution in [0.2, 0.25) is 0 Å². The third-order valence-corrected chi connectivity index (χ3v) is 3.37. The van der Waals surface area contributed by atoms with Crippen LogP contribution in [0.3, 0.4) is 0 Å². The second kappa shape index (κ2) is 7.23. The SMILES string of the molecule is CCCOc1nc(NC)nc(N2CCC(CCO)C2)n1. The molecule has 7 heteroatoms. The number of aromatic nitrogens is 3. The summed E-state index contributed by atoms with van der Waals surface area (Å²) in [5.74, 6) is 1.68.